The van der Waals surface area contributed by atoms with Crippen LogP contribution in [0.1, 0.15) is 18.9 Å². The molecule has 0 saturated carbocycles. The van der Waals surface area contributed by atoms with Gasteiger partial charge < -0.3 is 9.84 Å². The highest BCUT2D eigenvalue weighted by Crippen LogP contribution is 2.31. The summed E-state index contributed by atoms with van der Waals surface area (Å²) in [7, 11) is 0. The Morgan fingerprint density at radius 1 is 1.28 bits per heavy atom. The molecular formula is C14H14ClNO2. The number of hydrogen-bond donors (Lipinski definition) is 1. The zero-order valence-electron chi connectivity index (χ0n) is 10.1. The van der Waals surface area contributed by atoms with Crippen molar-refractivity contribution in [3.05, 3.63) is 47.1 Å². The van der Waals surface area contributed by atoms with Crippen LogP contribution >= 0.6 is 11.6 Å². The number of phenolic OH excluding ortho intramolecular Hbond substituents is 1. The van der Waals surface area contributed by atoms with Gasteiger partial charge >= 0.3 is 0 Å². The summed E-state index contributed by atoms with van der Waals surface area (Å²) in [6.07, 6.45) is 1.97. The molecule has 0 spiro atoms. The van der Waals surface area contributed by atoms with Gasteiger partial charge in [-0.15, -0.1) is 0 Å². The SMILES string of the molecule is CCCc1ccc(Oc2cccc(Cl)n2)c(O)c1. The van der Waals surface area contributed by atoms with Crippen molar-refractivity contribution in [2.24, 2.45) is 0 Å². The predicted molar refractivity (Wildman–Crippen MR) is 71.4 cm³/mol. The van der Waals surface area contributed by atoms with Gasteiger partial charge in [0.25, 0.3) is 0 Å². The van der Waals surface area contributed by atoms with Crippen LogP contribution in [0.25, 0.3) is 0 Å². The molecule has 0 fully saturated rings. The maximum absolute atomic E-state index is 9.86. The van der Waals surface area contributed by atoms with Crippen LogP contribution in [-0.4, -0.2) is 10.1 Å². The van der Waals surface area contributed by atoms with E-state index >= 15 is 0 Å². The van der Waals surface area contributed by atoms with Crippen molar-refractivity contribution in [3.8, 4) is 17.4 Å². The minimum atomic E-state index is 0.114. The fourth-order valence-electron chi connectivity index (χ4n) is 1.65. The minimum Gasteiger partial charge on any atom is -0.504 e. The van der Waals surface area contributed by atoms with E-state index in [4.69, 9.17) is 16.3 Å². The molecule has 1 aromatic heterocycles. The molecule has 1 N–H and O–H groups in total. The van der Waals surface area contributed by atoms with Crippen molar-refractivity contribution in [1.82, 2.24) is 4.98 Å². The molecule has 3 nitrogen and oxygen atoms in total. The maximum Gasteiger partial charge on any atom is 0.220 e. The van der Waals surface area contributed by atoms with Crippen molar-refractivity contribution in [2.75, 3.05) is 0 Å². The van der Waals surface area contributed by atoms with Crippen LogP contribution in [0.15, 0.2) is 36.4 Å². The summed E-state index contributed by atoms with van der Waals surface area (Å²) in [5, 5.41) is 10.2. The summed E-state index contributed by atoms with van der Waals surface area (Å²) < 4.78 is 5.48. The Hall–Kier alpha value is -1.74. The van der Waals surface area contributed by atoms with Gasteiger partial charge in [0.05, 0.1) is 0 Å². The van der Waals surface area contributed by atoms with E-state index in [0.717, 1.165) is 18.4 Å². The number of pyridine rings is 1. The molecule has 0 amide bonds. The molecule has 0 radical (unpaired) electrons. The van der Waals surface area contributed by atoms with Crippen molar-refractivity contribution >= 4 is 11.6 Å². The molecule has 0 atom stereocenters. The van der Waals surface area contributed by atoms with Crippen LogP contribution < -0.4 is 4.74 Å². The van der Waals surface area contributed by atoms with E-state index in [1.165, 1.54) is 0 Å². The summed E-state index contributed by atoms with van der Waals surface area (Å²) in [4.78, 5) is 4.00. The lowest BCUT2D eigenvalue weighted by molar-refractivity contribution is 0.402. The predicted octanol–water partition coefficient (Wildman–Crippen LogP) is 4.19. The zero-order chi connectivity index (χ0) is 13.0. The number of ether oxygens (including phenoxy) is 1. The van der Waals surface area contributed by atoms with Crippen LogP contribution in [0.2, 0.25) is 5.15 Å². The molecule has 1 aromatic carbocycles. The first-order valence-electron chi connectivity index (χ1n) is 5.81. The quantitative estimate of drug-likeness (QED) is 0.841. The van der Waals surface area contributed by atoms with Crippen molar-refractivity contribution in [1.29, 1.82) is 0 Å². The lowest BCUT2D eigenvalue weighted by Gasteiger charge is -2.08. The van der Waals surface area contributed by atoms with E-state index in [2.05, 4.69) is 11.9 Å². The van der Waals surface area contributed by atoms with Gasteiger partial charge in [-0.2, -0.15) is 0 Å². The number of benzene rings is 1. The second kappa shape index (κ2) is 5.74. The summed E-state index contributed by atoms with van der Waals surface area (Å²) >= 11 is 5.76. The molecule has 2 rings (SSSR count). The standard InChI is InChI=1S/C14H14ClNO2/c1-2-4-10-7-8-12(11(17)9-10)18-14-6-3-5-13(15)16-14/h3,5-9,17H,2,4H2,1H3. The molecule has 4 heteroatoms. The molecule has 0 aliphatic heterocycles. The summed E-state index contributed by atoms with van der Waals surface area (Å²) in [5.41, 5.74) is 1.08. The van der Waals surface area contributed by atoms with Gasteiger partial charge in [-0.3, -0.25) is 0 Å². The van der Waals surface area contributed by atoms with Gasteiger partial charge in [0, 0.05) is 6.07 Å². The molecule has 18 heavy (non-hydrogen) atoms. The van der Waals surface area contributed by atoms with Crippen LogP contribution in [-0.2, 0) is 6.42 Å². The topological polar surface area (TPSA) is 42.4 Å². The van der Waals surface area contributed by atoms with Gasteiger partial charge in [-0.1, -0.05) is 37.1 Å². The number of aryl methyl sites for hydroxylation is 1. The van der Waals surface area contributed by atoms with E-state index < -0.39 is 0 Å². The Morgan fingerprint density at radius 3 is 2.78 bits per heavy atom. The molecule has 0 aliphatic carbocycles. The lowest BCUT2D eigenvalue weighted by atomic mass is 10.1. The van der Waals surface area contributed by atoms with E-state index in [1.807, 2.05) is 6.07 Å². The molecule has 0 unspecified atom stereocenters. The normalized spacial score (nSPS) is 10.3. The monoisotopic (exact) mass is 263 g/mol. The summed E-state index contributed by atoms with van der Waals surface area (Å²) in [6, 6.07) is 10.5. The van der Waals surface area contributed by atoms with E-state index in [0.29, 0.717) is 16.8 Å². The Bertz CT molecular complexity index is 543. The Kier molecular flexibility index (Phi) is 4.05. The van der Waals surface area contributed by atoms with Crippen molar-refractivity contribution in [3.63, 3.8) is 0 Å². The number of halogens is 1. The molecule has 2 aromatic rings. The first kappa shape index (κ1) is 12.7. The first-order valence-corrected chi connectivity index (χ1v) is 6.19. The molecular weight excluding hydrogens is 250 g/mol. The Balaban J connectivity index is 2.19. The van der Waals surface area contributed by atoms with Crippen LogP contribution in [0.5, 0.6) is 17.4 Å². The van der Waals surface area contributed by atoms with Crippen molar-refractivity contribution < 1.29 is 9.84 Å². The van der Waals surface area contributed by atoms with Gasteiger partial charge in [0.1, 0.15) is 5.15 Å². The molecule has 0 saturated heterocycles. The van der Waals surface area contributed by atoms with Gasteiger partial charge in [-0.05, 0) is 30.2 Å². The third kappa shape index (κ3) is 3.14. The zero-order valence-corrected chi connectivity index (χ0v) is 10.8. The van der Waals surface area contributed by atoms with Crippen LogP contribution in [0.4, 0.5) is 0 Å². The number of rotatable bonds is 4. The first-order chi connectivity index (χ1) is 8.69. The average molecular weight is 264 g/mol. The second-order valence-electron chi connectivity index (χ2n) is 3.95. The number of nitrogens with zero attached hydrogens (tertiary/aromatic N) is 1. The number of aromatic hydroxyl groups is 1. The maximum atomic E-state index is 9.86. The van der Waals surface area contributed by atoms with Crippen LogP contribution in [0.3, 0.4) is 0 Å². The van der Waals surface area contributed by atoms with Crippen LogP contribution in [0, 0.1) is 0 Å². The average Bonchev–Trinajstić information content (AvgIpc) is 2.33. The smallest absolute Gasteiger partial charge is 0.220 e. The van der Waals surface area contributed by atoms with Gasteiger partial charge in [0.2, 0.25) is 5.88 Å². The summed E-state index contributed by atoms with van der Waals surface area (Å²) in [5.74, 6) is 0.855. The van der Waals surface area contributed by atoms with E-state index in [1.54, 1.807) is 30.3 Å². The lowest BCUT2D eigenvalue weighted by Crippen LogP contribution is -1.90. The number of phenols is 1. The number of aromatic nitrogens is 1. The fourth-order valence-corrected chi connectivity index (χ4v) is 1.81. The minimum absolute atomic E-state index is 0.114. The summed E-state index contributed by atoms with van der Waals surface area (Å²) in [6.45, 7) is 2.09. The fraction of sp³-hybridized carbons (Fsp3) is 0.214. The highest BCUT2D eigenvalue weighted by molar-refractivity contribution is 6.29. The Labute approximate surface area is 111 Å². The third-order valence-electron chi connectivity index (χ3n) is 2.47. The van der Waals surface area contributed by atoms with E-state index in [-0.39, 0.29) is 5.75 Å². The van der Waals surface area contributed by atoms with E-state index in [9.17, 15) is 5.11 Å². The third-order valence-corrected chi connectivity index (χ3v) is 2.68. The van der Waals surface area contributed by atoms with Crippen molar-refractivity contribution in [2.45, 2.75) is 19.8 Å². The molecule has 0 aliphatic rings. The van der Waals surface area contributed by atoms with Gasteiger partial charge in [-0.25, -0.2) is 4.98 Å². The second-order valence-corrected chi connectivity index (χ2v) is 4.34. The largest absolute Gasteiger partial charge is 0.504 e. The molecule has 0 bridgehead atoms. The molecule has 94 valence electrons. The highest BCUT2D eigenvalue weighted by atomic mass is 35.5. The molecule has 1 heterocycles. The Morgan fingerprint density at radius 2 is 2.11 bits per heavy atom. The highest BCUT2D eigenvalue weighted by Gasteiger charge is 2.06. The number of hydrogen-bond acceptors (Lipinski definition) is 3. The van der Waals surface area contributed by atoms with Gasteiger partial charge in [0.15, 0.2) is 11.5 Å².